The normalized spacial score (nSPS) is 9.82. The third kappa shape index (κ3) is 5.10. The lowest BCUT2D eigenvalue weighted by Crippen LogP contribution is -2.08. The van der Waals surface area contributed by atoms with Crippen LogP contribution < -0.4 is 0 Å². The Bertz CT molecular complexity index is 155. The number of halogens is 2. The van der Waals surface area contributed by atoms with E-state index in [4.69, 9.17) is 23.2 Å². The predicted octanol–water partition coefficient (Wildman–Crippen LogP) is 2.30. The van der Waals surface area contributed by atoms with Gasteiger partial charge in [0.05, 0.1) is 6.61 Å². The first-order chi connectivity index (χ1) is 5.07. The zero-order valence-corrected chi connectivity index (χ0v) is 7.78. The number of esters is 1. The highest BCUT2D eigenvalue weighted by molar-refractivity contribution is 6.44. The molecule has 0 unspecified atom stereocenters. The Morgan fingerprint density at radius 2 is 2.18 bits per heavy atom. The van der Waals surface area contributed by atoms with Crippen LogP contribution in [-0.2, 0) is 9.53 Å². The van der Waals surface area contributed by atoms with E-state index in [-0.39, 0.29) is 6.42 Å². The van der Waals surface area contributed by atoms with Crippen LogP contribution in [0.5, 0.6) is 0 Å². The van der Waals surface area contributed by atoms with Crippen molar-refractivity contribution in [1.29, 1.82) is 0 Å². The van der Waals surface area contributed by atoms with E-state index in [2.05, 4.69) is 11.3 Å². The van der Waals surface area contributed by atoms with E-state index >= 15 is 0 Å². The Hall–Kier alpha value is -0.210. The maximum atomic E-state index is 10.8. The molecule has 2 nitrogen and oxygen atoms in total. The summed E-state index contributed by atoms with van der Waals surface area (Å²) in [6, 6.07) is 0. The van der Waals surface area contributed by atoms with Crippen molar-refractivity contribution < 1.29 is 9.53 Å². The van der Waals surface area contributed by atoms with Gasteiger partial charge in [-0.2, -0.15) is 0 Å². The summed E-state index contributed by atoms with van der Waals surface area (Å²) in [5.41, 5.74) is 0.307. The molecule has 0 saturated heterocycles. The molecular formula is C7H10Cl2O2. The van der Waals surface area contributed by atoms with Crippen molar-refractivity contribution in [2.75, 3.05) is 6.61 Å². The number of hydrogen-bond donors (Lipinski definition) is 0. The van der Waals surface area contributed by atoms with Crippen molar-refractivity contribution in [3.05, 3.63) is 12.2 Å². The molecule has 64 valence electrons. The lowest BCUT2D eigenvalue weighted by molar-refractivity contribution is -0.138. The highest BCUT2D eigenvalue weighted by atomic mass is 35.5. The lowest BCUT2D eigenvalue weighted by atomic mass is 10.2. The zero-order chi connectivity index (χ0) is 8.85. The highest BCUT2D eigenvalue weighted by Gasteiger charge is 2.10. The number of carbonyl (C=O) groups excluding carboxylic acids is 1. The molecule has 0 amide bonds. The first-order valence-corrected chi connectivity index (χ1v) is 4.08. The van der Waals surface area contributed by atoms with Crippen LogP contribution >= 0.6 is 23.2 Å². The van der Waals surface area contributed by atoms with E-state index in [0.29, 0.717) is 12.2 Å². The van der Waals surface area contributed by atoms with Gasteiger partial charge in [-0.1, -0.05) is 6.58 Å². The van der Waals surface area contributed by atoms with Crippen LogP contribution in [0.3, 0.4) is 0 Å². The molecule has 0 N–H and O–H groups in total. The highest BCUT2D eigenvalue weighted by Crippen LogP contribution is 2.13. The molecule has 0 aliphatic heterocycles. The maximum Gasteiger partial charge on any atom is 0.333 e. The Labute approximate surface area is 76.1 Å². The van der Waals surface area contributed by atoms with Gasteiger partial charge in [0.25, 0.3) is 0 Å². The van der Waals surface area contributed by atoms with Gasteiger partial charge in [0.15, 0.2) is 0 Å². The van der Waals surface area contributed by atoms with E-state index in [1.807, 2.05) is 0 Å². The number of carbonyl (C=O) groups is 1. The van der Waals surface area contributed by atoms with Crippen LogP contribution in [0.1, 0.15) is 13.3 Å². The molecule has 11 heavy (non-hydrogen) atoms. The third-order valence-electron chi connectivity index (χ3n) is 0.965. The first kappa shape index (κ1) is 10.8. The minimum Gasteiger partial charge on any atom is -0.463 e. The van der Waals surface area contributed by atoms with Gasteiger partial charge < -0.3 is 4.74 Å². The summed E-state index contributed by atoms with van der Waals surface area (Å²) >= 11 is 10.8. The van der Waals surface area contributed by atoms with Crippen molar-refractivity contribution in [1.82, 2.24) is 0 Å². The first-order valence-electron chi connectivity index (χ1n) is 3.21. The SMILES string of the molecule is C=C(CC(Cl)Cl)C(=O)OCC. The number of rotatable bonds is 4. The molecule has 4 heteroatoms. The summed E-state index contributed by atoms with van der Waals surface area (Å²) in [5.74, 6) is -0.432. The molecule has 0 aromatic carbocycles. The molecule has 0 heterocycles. The third-order valence-corrected chi connectivity index (χ3v) is 1.27. The summed E-state index contributed by atoms with van der Waals surface area (Å²) in [4.78, 5) is 10.2. The van der Waals surface area contributed by atoms with Crippen LogP contribution in [-0.4, -0.2) is 17.4 Å². The second-order valence-corrected chi connectivity index (χ2v) is 3.20. The fourth-order valence-corrected chi connectivity index (χ4v) is 0.875. The van der Waals surface area contributed by atoms with Crippen molar-refractivity contribution in [2.45, 2.75) is 18.2 Å². The molecule has 0 radical (unpaired) electrons. The van der Waals surface area contributed by atoms with Crippen LogP contribution in [0, 0.1) is 0 Å². The molecule has 0 spiro atoms. The van der Waals surface area contributed by atoms with E-state index in [9.17, 15) is 4.79 Å². The molecule has 0 aliphatic carbocycles. The number of hydrogen-bond acceptors (Lipinski definition) is 2. The lowest BCUT2D eigenvalue weighted by Gasteiger charge is -2.04. The second kappa shape index (κ2) is 5.44. The van der Waals surface area contributed by atoms with Crippen molar-refractivity contribution in [2.24, 2.45) is 0 Å². The quantitative estimate of drug-likeness (QED) is 0.392. The van der Waals surface area contributed by atoms with Crippen LogP contribution in [0.4, 0.5) is 0 Å². The summed E-state index contributed by atoms with van der Waals surface area (Å²) in [6.45, 7) is 5.54. The van der Waals surface area contributed by atoms with E-state index < -0.39 is 10.8 Å². The average molecular weight is 197 g/mol. The monoisotopic (exact) mass is 196 g/mol. The van der Waals surface area contributed by atoms with Gasteiger partial charge in [0, 0.05) is 12.0 Å². The molecule has 0 atom stereocenters. The van der Waals surface area contributed by atoms with E-state index in [0.717, 1.165) is 0 Å². The average Bonchev–Trinajstić information content (AvgIpc) is 1.86. The molecular weight excluding hydrogens is 187 g/mol. The van der Waals surface area contributed by atoms with Gasteiger partial charge in [-0.3, -0.25) is 0 Å². The summed E-state index contributed by atoms with van der Waals surface area (Å²) in [5, 5.41) is 0. The fraction of sp³-hybridized carbons (Fsp3) is 0.571. The van der Waals surface area contributed by atoms with E-state index in [1.54, 1.807) is 6.92 Å². The van der Waals surface area contributed by atoms with Gasteiger partial charge in [-0.25, -0.2) is 4.79 Å². The van der Waals surface area contributed by atoms with Gasteiger partial charge >= 0.3 is 5.97 Å². The summed E-state index contributed by atoms with van der Waals surface area (Å²) in [6.07, 6.45) is 0.252. The van der Waals surface area contributed by atoms with Gasteiger partial charge in [0.1, 0.15) is 4.84 Å². The summed E-state index contributed by atoms with van der Waals surface area (Å²) < 4.78 is 4.65. The minimum atomic E-state index is -0.591. The smallest absolute Gasteiger partial charge is 0.333 e. The Kier molecular flexibility index (Phi) is 5.34. The standard InChI is InChI=1S/C7H10Cl2O2/c1-3-11-7(10)5(2)4-6(8)9/h6H,2-4H2,1H3. The number of ether oxygens (including phenoxy) is 1. The molecule has 0 bridgehead atoms. The molecule has 0 rings (SSSR count). The Morgan fingerprint density at radius 1 is 1.64 bits per heavy atom. The van der Waals surface area contributed by atoms with Gasteiger partial charge in [-0.05, 0) is 6.92 Å². The fourth-order valence-electron chi connectivity index (χ4n) is 0.503. The number of alkyl halides is 2. The van der Waals surface area contributed by atoms with E-state index in [1.165, 1.54) is 0 Å². The minimum absolute atomic E-state index is 0.252. The largest absolute Gasteiger partial charge is 0.463 e. The van der Waals surface area contributed by atoms with Gasteiger partial charge in [0.2, 0.25) is 0 Å². The van der Waals surface area contributed by atoms with Crippen LogP contribution in [0.25, 0.3) is 0 Å². The molecule has 0 fully saturated rings. The van der Waals surface area contributed by atoms with Crippen molar-refractivity contribution >= 4 is 29.2 Å². The van der Waals surface area contributed by atoms with Crippen LogP contribution in [0.15, 0.2) is 12.2 Å². The molecule has 0 aromatic heterocycles. The van der Waals surface area contributed by atoms with Crippen molar-refractivity contribution in [3.63, 3.8) is 0 Å². The van der Waals surface area contributed by atoms with Crippen LogP contribution in [0.2, 0.25) is 0 Å². The zero-order valence-electron chi connectivity index (χ0n) is 6.27. The molecule has 0 aromatic rings. The Balaban J connectivity index is 3.74. The second-order valence-electron chi connectivity index (χ2n) is 1.92. The topological polar surface area (TPSA) is 26.3 Å². The maximum absolute atomic E-state index is 10.8. The predicted molar refractivity (Wildman–Crippen MR) is 45.9 cm³/mol. The Morgan fingerprint density at radius 3 is 2.55 bits per heavy atom. The molecule has 0 saturated carbocycles. The van der Waals surface area contributed by atoms with Gasteiger partial charge in [-0.15, -0.1) is 23.2 Å². The summed E-state index contributed by atoms with van der Waals surface area (Å²) in [7, 11) is 0. The van der Waals surface area contributed by atoms with Crippen molar-refractivity contribution in [3.8, 4) is 0 Å². The molecule has 0 aliphatic rings.